The summed E-state index contributed by atoms with van der Waals surface area (Å²) in [7, 11) is 0. The molecule has 0 bridgehead atoms. The van der Waals surface area contributed by atoms with Crippen molar-refractivity contribution in [2.75, 3.05) is 18.6 Å². The molecule has 86 valence electrons. The van der Waals surface area contributed by atoms with E-state index in [2.05, 4.69) is 10.3 Å². The van der Waals surface area contributed by atoms with Crippen LogP contribution in [0, 0.1) is 0 Å². The first-order chi connectivity index (χ1) is 7.66. The summed E-state index contributed by atoms with van der Waals surface area (Å²) >= 11 is 1.60. The maximum Gasteiger partial charge on any atom is 0.338 e. The fraction of sp³-hybridized carbons (Fsp3) is 0.300. The van der Waals surface area contributed by atoms with Crippen molar-refractivity contribution >= 4 is 23.6 Å². The summed E-state index contributed by atoms with van der Waals surface area (Å²) < 4.78 is 0. The number of carbonyl (C=O) groups excluding carboxylic acids is 1. The van der Waals surface area contributed by atoms with Gasteiger partial charge in [-0.25, -0.2) is 4.79 Å². The van der Waals surface area contributed by atoms with Crippen molar-refractivity contribution in [2.24, 2.45) is 0 Å². The van der Waals surface area contributed by atoms with E-state index in [-0.39, 0.29) is 11.3 Å². The Morgan fingerprint density at radius 2 is 2.31 bits per heavy atom. The third-order valence-electron chi connectivity index (χ3n) is 1.84. The molecule has 1 rings (SSSR count). The van der Waals surface area contributed by atoms with Gasteiger partial charge in [-0.15, -0.1) is 0 Å². The Kier molecular flexibility index (Phi) is 4.78. The maximum absolute atomic E-state index is 11.6. The van der Waals surface area contributed by atoms with Crippen LogP contribution in [0.1, 0.15) is 20.8 Å². The number of thioether (sulfide) groups is 1. The van der Waals surface area contributed by atoms with Gasteiger partial charge in [0.05, 0.1) is 5.56 Å². The lowest BCUT2D eigenvalue weighted by Crippen LogP contribution is -2.28. The van der Waals surface area contributed by atoms with E-state index >= 15 is 0 Å². The highest BCUT2D eigenvalue weighted by atomic mass is 32.2. The Bertz CT molecular complexity index is 395. The molecule has 5 nitrogen and oxygen atoms in total. The molecule has 6 heteroatoms. The third kappa shape index (κ3) is 3.23. The van der Waals surface area contributed by atoms with Gasteiger partial charge >= 0.3 is 5.97 Å². The quantitative estimate of drug-likeness (QED) is 0.747. The van der Waals surface area contributed by atoms with E-state index in [1.165, 1.54) is 18.3 Å². The molecular formula is C10H12N2O3S. The van der Waals surface area contributed by atoms with Gasteiger partial charge in [0.15, 0.2) is 0 Å². The summed E-state index contributed by atoms with van der Waals surface area (Å²) in [5.74, 6) is -0.823. The van der Waals surface area contributed by atoms with Crippen LogP contribution in [0.15, 0.2) is 18.3 Å². The zero-order chi connectivity index (χ0) is 12.0. The van der Waals surface area contributed by atoms with Crippen molar-refractivity contribution in [3.05, 3.63) is 29.6 Å². The van der Waals surface area contributed by atoms with Crippen molar-refractivity contribution in [1.82, 2.24) is 10.3 Å². The van der Waals surface area contributed by atoms with Gasteiger partial charge in [0.2, 0.25) is 0 Å². The monoisotopic (exact) mass is 240 g/mol. The second-order valence-corrected chi connectivity index (χ2v) is 3.94. The molecule has 0 aromatic carbocycles. The van der Waals surface area contributed by atoms with Crippen LogP contribution in [0.5, 0.6) is 0 Å². The van der Waals surface area contributed by atoms with E-state index in [0.29, 0.717) is 6.54 Å². The average molecular weight is 240 g/mol. The van der Waals surface area contributed by atoms with Gasteiger partial charge in [-0.1, -0.05) is 0 Å². The largest absolute Gasteiger partial charge is 0.478 e. The van der Waals surface area contributed by atoms with Gasteiger partial charge in [-0.3, -0.25) is 9.78 Å². The smallest absolute Gasteiger partial charge is 0.338 e. The van der Waals surface area contributed by atoms with Crippen molar-refractivity contribution in [1.29, 1.82) is 0 Å². The molecule has 0 saturated carbocycles. The minimum Gasteiger partial charge on any atom is -0.478 e. The lowest BCUT2D eigenvalue weighted by molar-refractivity contribution is 0.0690. The highest BCUT2D eigenvalue weighted by molar-refractivity contribution is 7.98. The lowest BCUT2D eigenvalue weighted by Gasteiger charge is -2.05. The topological polar surface area (TPSA) is 79.3 Å². The van der Waals surface area contributed by atoms with Crippen LogP contribution in [-0.4, -0.2) is 40.5 Å². The van der Waals surface area contributed by atoms with E-state index in [1.54, 1.807) is 11.8 Å². The molecule has 0 spiro atoms. The molecule has 1 aromatic heterocycles. The summed E-state index contributed by atoms with van der Waals surface area (Å²) in [6.45, 7) is 0.496. The summed E-state index contributed by atoms with van der Waals surface area (Å²) in [5.41, 5.74) is -0.125. The molecule has 0 aliphatic heterocycles. The predicted molar refractivity (Wildman–Crippen MR) is 61.9 cm³/mol. The molecule has 0 fully saturated rings. The maximum atomic E-state index is 11.6. The zero-order valence-electron chi connectivity index (χ0n) is 8.77. The van der Waals surface area contributed by atoms with Crippen molar-refractivity contribution < 1.29 is 14.7 Å². The minimum absolute atomic E-state index is 0.0453. The number of nitrogens with zero attached hydrogens (tertiary/aromatic N) is 1. The van der Waals surface area contributed by atoms with Crippen molar-refractivity contribution in [3.63, 3.8) is 0 Å². The van der Waals surface area contributed by atoms with E-state index in [0.717, 1.165) is 5.75 Å². The molecule has 0 aliphatic carbocycles. The summed E-state index contributed by atoms with van der Waals surface area (Å²) in [4.78, 5) is 26.2. The standard InChI is InChI=1S/C10H12N2O3S/c1-16-6-5-12-9(13)8-7(10(14)15)3-2-4-11-8/h2-4H,5-6H2,1H3,(H,12,13)(H,14,15). The molecule has 1 heterocycles. The fourth-order valence-electron chi connectivity index (χ4n) is 1.11. The number of aromatic nitrogens is 1. The van der Waals surface area contributed by atoms with E-state index in [9.17, 15) is 9.59 Å². The van der Waals surface area contributed by atoms with E-state index in [1.807, 2.05) is 6.26 Å². The Labute approximate surface area is 97.3 Å². The van der Waals surface area contributed by atoms with Gasteiger partial charge < -0.3 is 10.4 Å². The first-order valence-corrected chi connectivity index (χ1v) is 6.01. The molecule has 2 N–H and O–H groups in total. The third-order valence-corrected chi connectivity index (χ3v) is 2.46. The number of carbonyl (C=O) groups is 2. The first-order valence-electron chi connectivity index (χ1n) is 4.62. The number of hydrogen-bond acceptors (Lipinski definition) is 4. The van der Waals surface area contributed by atoms with Crippen LogP contribution < -0.4 is 5.32 Å². The minimum atomic E-state index is -1.15. The molecular weight excluding hydrogens is 228 g/mol. The molecule has 1 amide bonds. The SMILES string of the molecule is CSCCNC(=O)c1ncccc1C(=O)O. The molecule has 0 saturated heterocycles. The molecule has 0 unspecified atom stereocenters. The number of hydrogen-bond donors (Lipinski definition) is 2. The first kappa shape index (κ1) is 12.5. The normalized spacial score (nSPS) is 9.81. The van der Waals surface area contributed by atoms with Crippen LogP contribution >= 0.6 is 11.8 Å². The van der Waals surface area contributed by atoms with Crippen LogP contribution in [0.25, 0.3) is 0 Å². The highest BCUT2D eigenvalue weighted by Gasteiger charge is 2.16. The van der Waals surface area contributed by atoms with Crippen LogP contribution in [-0.2, 0) is 0 Å². The molecule has 0 atom stereocenters. The fourth-order valence-corrected chi connectivity index (χ4v) is 1.42. The lowest BCUT2D eigenvalue weighted by atomic mass is 10.2. The number of aromatic carboxylic acids is 1. The van der Waals surface area contributed by atoms with Gasteiger partial charge in [0.1, 0.15) is 5.69 Å². The second-order valence-electron chi connectivity index (χ2n) is 2.95. The second kappa shape index (κ2) is 6.12. The Morgan fingerprint density at radius 3 is 2.94 bits per heavy atom. The summed E-state index contributed by atoms with van der Waals surface area (Å²) in [6, 6.07) is 2.85. The molecule has 0 radical (unpaired) electrons. The summed E-state index contributed by atoms with van der Waals surface area (Å²) in [5, 5.41) is 11.5. The van der Waals surface area contributed by atoms with Gasteiger partial charge in [0.25, 0.3) is 5.91 Å². The Balaban J connectivity index is 2.78. The molecule has 16 heavy (non-hydrogen) atoms. The number of nitrogens with one attached hydrogen (secondary N) is 1. The number of pyridine rings is 1. The molecule has 0 aliphatic rings. The predicted octanol–water partition coefficient (Wildman–Crippen LogP) is 0.873. The van der Waals surface area contributed by atoms with Crippen LogP contribution in [0.4, 0.5) is 0 Å². The zero-order valence-corrected chi connectivity index (χ0v) is 9.58. The Morgan fingerprint density at radius 1 is 1.56 bits per heavy atom. The van der Waals surface area contributed by atoms with E-state index in [4.69, 9.17) is 5.11 Å². The highest BCUT2D eigenvalue weighted by Crippen LogP contribution is 2.05. The van der Waals surface area contributed by atoms with Gasteiger partial charge in [0, 0.05) is 18.5 Å². The van der Waals surface area contributed by atoms with Gasteiger partial charge in [-0.05, 0) is 18.4 Å². The van der Waals surface area contributed by atoms with E-state index < -0.39 is 11.9 Å². The number of carboxylic acids is 1. The average Bonchev–Trinajstić information content (AvgIpc) is 2.29. The van der Waals surface area contributed by atoms with Crippen LogP contribution in [0.2, 0.25) is 0 Å². The van der Waals surface area contributed by atoms with Crippen LogP contribution in [0.3, 0.4) is 0 Å². The number of amides is 1. The van der Waals surface area contributed by atoms with Gasteiger partial charge in [-0.2, -0.15) is 11.8 Å². The summed E-state index contributed by atoms with van der Waals surface area (Å²) in [6.07, 6.45) is 3.32. The Hall–Kier alpha value is -1.56. The van der Waals surface area contributed by atoms with Crippen molar-refractivity contribution in [2.45, 2.75) is 0 Å². The van der Waals surface area contributed by atoms with Crippen molar-refractivity contribution in [3.8, 4) is 0 Å². The number of rotatable bonds is 5. The number of carboxylic acid groups (broad SMARTS) is 1. The molecule has 1 aromatic rings.